The Labute approximate surface area is 122 Å². The van der Waals surface area contributed by atoms with E-state index in [9.17, 15) is 4.79 Å². The lowest BCUT2D eigenvalue weighted by molar-refractivity contribution is -0.117. The van der Waals surface area contributed by atoms with Gasteiger partial charge in [0.1, 0.15) is 0 Å². The highest BCUT2D eigenvalue weighted by atomic mass is 79.9. The number of fused-ring (bicyclic) bond motifs is 1. The van der Waals surface area contributed by atoms with Crippen molar-refractivity contribution in [3.63, 3.8) is 0 Å². The summed E-state index contributed by atoms with van der Waals surface area (Å²) in [5.74, 6) is 1.43. The number of hydrogen-bond donors (Lipinski definition) is 1. The van der Waals surface area contributed by atoms with Crippen molar-refractivity contribution in [3.05, 3.63) is 40.9 Å². The molecule has 0 aromatic heterocycles. The molecule has 1 amide bonds. The fourth-order valence-electron chi connectivity index (χ4n) is 3.06. The van der Waals surface area contributed by atoms with E-state index in [1.807, 2.05) is 24.3 Å². The van der Waals surface area contributed by atoms with Gasteiger partial charge in [-0.3, -0.25) is 4.79 Å². The lowest BCUT2D eigenvalue weighted by Gasteiger charge is -2.04. The minimum atomic E-state index is 0.184. The molecule has 0 bridgehead atoms. The molecule has 2 aliphatic rings. The molecule has 1 saturated carbocycles. The normalized spacial score (nSPS) is 29.0. The molecule has 3 heteroatoms. The Kier molecular flexibility index (Phi) is 3.74. The minimum absolute atomic E-state index is 0.184. The molecule has 1 aromatic carbocycles. The zero-order valence-corrected chi connectivity index (χ0v) is 12.4. The zero-order valence-electron chi connectivity index (χ0n) is 10.8. The topological polar surface area (TPSA) is 29.1 Å². The number of anilines is 1. The number of carbonyl (C=O) groups excluding carboxylic acids is 1. The number of amides is 1. The van der Waals surface area contributed by atoms with E-state index in [0.29, 0.717) is 11.8 Å². The average molecular weight is 320 g/mol. The van der Waals surface area contributed by atoms with Gasteiger partial charge >= 0.3 is 0 Å². The van der Waals surface area contributed by atoms with Crippen LogP contribution in [0.5, 0.6) is 0 Å². The summed E-state index contributed by atoms with van der Waals surface area (Å²) in [6.45, 7) is 0. The first kappa shape index (κ1) is 12.9. The van der Waals surface area contributed by atoms with Gasteiger partial charge in [-0.05, 0) is 55.4 Å². The van der Waals surface area contributed by atoms with Gasteiger partial charge < -0.3 is 5.32 Å². The predicted molar refractivity (Wildman–Crippen MR) is 80.8 cm³/mol. The highest BCUT2D eigenvalue weighted by Gasteiger charge is 2.52. The third kappa shape index (κ3) is 2.92. The van der Waals surface area contributed by atoms with E-state index >= 15 is 0 Å². The van der Waals surface area contributed by atoms with Gasteiger partial charge in [0.05, 0.1) is 0 Å². The quantitative estimate of drug-likeness (QED) is 0.805. The number of nitrogens with one attached hydrogen (secondary N) is 1. The lowest BCUT2D eigenvalue weighted by atomic mass is 10.1. The Hall–Kier alpha value is -1.09. The van der Waals surface area contributed by atoms with E-state index in [-0.39, 0.29) is 11.8 Å². The molecule has 1 fully saturated rings. The minimum Gasteiger partial charge on any atom is -0.326 e. The van der Waals surface area contributed by atoms with Crippen molar-refractivity contribution in [1.29, 1.82) is 0 Å². The molecular formula is C16H18BrNO. The Morgan fingerprint density at radius 3 is 2.79 bits per heavy atom. The van der Waals surface area contributed by atoms with Crippen molar-refractivity contribution in [2.24, 2.45) is 17.8 Å². The summed E-state index contributed by atoms with van der Waals surface area (Å²) < 4.78 is 1.03. The van der Waals surface area contributed by atoms with Crippen molar-refractivity contribution < 1.29 is 4.79 Å². The second-order valence-electron chi connectivity index (χ2n) is 5.48. The molecule has 0 heterocycles. The SMILES string of the molecule is O=C(Nc1ccc(Br)cc1)[C@H]1[C@H]2C=CCCCC[C@H]21. The van der Waals surface area contributed by atoms with Crippen LogP contribution in [-0.4, -0.2) is 5.91 Å². The van der Waals surface area contributed by atoms with E-state index < -0.39 is 0 Å². The third-order valence-corrected chi connectivity index (χ3v) is 4.69. The van der Waals surface area contributed by atoms with Gasteiger partial charge in [0.15, 0.2) is 0 Å². The fourth-order valence-corrected chi connectivity index (χ4v) is 3.32. The van der Waals surface area contributed by atoms with E-state index in [4.69, 9.17) is 0 Å². The summed E-state index contributed by atoms with van der Waals surface area (Å²) in [7, 11) is 0. The van der Waals surface area contributed by atoms with Gasteiger partial charge in [-0.25, -0.2) is 0 Å². The van der Waals surface area contributed by atoms with Crippen LogP contribution in [0.3, 0.4) is 0 Å². The van der Waals surface area contributed by atoms with Crippen LogP contribution in [0.4, 0.5) is 5.69 Å². The van der Waals surface area contributed by atoms with Gasteiger partial charge in [-0.1, -0.05) is 34.5 Å². The molecule has 0 spiro atoms. The van der Waals surface area contributed by atoms with Crippen LogP contribution in [0.25, 0.3) is 0 Å². The summed E-state index contributed by atoms with van der Waals surface area (Å²) in [6.07, 6.45) is 9.41. The van der Waals surface area contributed by atoms with Crippen molar-refractivity contribution in [1.82, 2.24) is 0 Å². The molecule has 0 unspecified atom stereocenters. The number of halogens is 1. The van der Waals surface area contributed by atoms with Crippen LogP contribution in [0.2, 0.25) is 0 Å². The number of benzene rings is 1. The van der Waals surface area contributed by atoms with Crippen LogP contribution in [0, 0.1) is 17.8 Å². The molecule has 1 N–H and O–H groups in total. The molecule has 100 valence electrons. The maximum absolute atomic E-state index is 12.3. The van der Waals surface area contributed by atoms with Crippen molar-refractivity contribution in [2.45, 2.75) is 25.7 Å². The molecule has 0 radical (unpaired) electrons. The molecule has 2 aliphatic carbocycles. The monoisotopic (exact) mass is 319 g/mol. The Balaban J connectivity index is 1.64. The summed E-state index contributed by atoms with van der Waals surface area (Å²) >= 11 is 3.40. The summed E-state index contributed by atoms with van der Waals surface area (Å²) in [5.41, 5.74) is 0.886. The largest absolute Gasteiger partial charge is 0.326 e. The predicted octanol–water partition coefficient (Wildman–Crippen LogP) is 4.38. The fraction of sp³-hybridized carbons (Fsp3) is 0.438. The second-order valence-corrected chi connectivity index (χ2v) is 6.39. The molecule has 3 rings (SSSR count). The van der Waals surface area contributed by atoms with Gasteiger partial charge in [0, 0.05) is 16.1 Å². The standard InChI is InChI=1S/C16H18BrNO/c17-11-7-9-12(10-8-11)18-16(19)15-13-5-3-1-2-4-6-14(13)15/h3,5,7-10,13-15H,1-2,4,6H2,(H,18,19)/t13-,14+,15-/m0/s1. The Morgan fingerprint density at radius 2 is 2.00 bits per heavy atom. The Morgan fingerprint density at radius 1 is 1.21 bits per heavy atom. The van der Waals surface area contributed by atoms with Crippen molar-refractivity contribution in [3.8, 4) is 0 Å². The number of hydrogen-bond acceptors (Lipinski definition) is 1. The molecule has 0 aliphatic heterocycles. The Bertz CT molecular complexity index is 494. The van der Waals surface area contributed by atoms with Crippen LogP contribution < -0.4 is 5.32 Å². The molecule has 1 aromatic rings. The third-order valence-electron chi connectivity index (χ3n) is 4.16. The molecular weight excluding hydrogens is 302 g/mol. The summed E-state index contributed by atoms with van der Waals surface area (Å²) in [6, 6.07) is 7.77. The van der Waals surface area contributed by atoms with Gasteiger partial charge in [-0.2, -0.15) is 0 Å². The van der Waals surface area contributed by atoms with Crippen molar-refractivity contribution in [2.75, 3.05) is 5.32 Å². The van der Waals surface area contributed by atoms with Crippen LogP contribution in [0.1, 0.15) is 25.7 Å². The molecule has 0 saturated heterocycles. The van der Waals surface area contributed by atoms with E-state index in [1.54, 1.807) is 0 Å². The number of carbonyl (C=O) groups is 1. The van der Waals surface area contributed by atoms with Gasteiger partial charge in [0.2, 0.25) is 5.91 Å². The zero-order chi connectivity index (χ0) is 13.2. The first-order valence-corrected chi connectivity index (χ1v) is 7.78. The number of rotatable bonds is 2. The van der Waals surface area contributed by atoms with E-state index in [2.05, 4.69) is 33.4 Å². The van der Waals surface area contributed by atoms with Crippen LogP contribution in [-0.2, 0) is 4.79 Å². The first-order chi connectivity index (χ1) is 9.25. The first-order valence-electron chi connectivity index (χ1n) is 6.99. The van der Waals surface area contributed by atoms with E-state index in [0.717, 1.165) is 10.2 Å². The smallest absolute Gasteiger partial charge is 0.228 e. The van der Waals surface area contributed by atoms with Crippen molar-refractivity contribution >= 4 is 27.5 Å². The lowest BCUT2D eigenvalue weighted by Crippen LogP contribution is -2.15. The second kappa shape index (κ2) is 5.49. The highest BCUT2D eigenvalue weighted by Crippen LogP contribution is 2.51. The van der Waals surface area contributed by atoms with Crippen LogP contribution >= 0.6 is 15.9 Å². The average Bonchev–Trinajstić information content (AvgIpc) is 3.03. The summed E-state index contributed by atoms with van der Waals surface area (Å²) in [4.78, 5) is 12.3. The highest BCUT2D eigenvalue weighted by molar-refractivity contribution is 9.10. The molecule has 3 atom stereocenters. The number of allylic oxidation sites excluding steroid dienone is 2. The maximum Gasteiger partial charge on any atom is 0.228 e. The maximum atomic E-state index is 12.3. The van der Waals surface area contributed by atoms with E-state index in [1.165, 1.54) is 25.7 Å². The van der Waals surface area contributed by atoms with Gasteiger partial charge in [-0.15, -0.1) is 0 Å². The van der Waals surface area contributed by atoms with Crippen LogP contribution in [0.15, 0.2) is 40.9 Å². The molecule has 19 heavy (non-hydrogen) atoms. The van der Waals surface area contributed by atoms with Gasteiger partial charge in [0.25, 0.3) is 0 Å². The molecule has 2 nitrogen and oxygen atoms in total. The summed E-state index contributed by atoms with van der Waals surface area (Å²) in [5, 5.41) is 3.03.